The van der Waals surface area contributed by atoms with E-state index in [-0.39, 0.29) is 24.7 Å². The van der Waals surface area contributed by atoms with Crippen molar-refractivity contribution in [2.45, 2.75) is 69.1 Å². The summed E-state index contributed by atoms with van der Waals surface area (Å²) < 4.78 is 39.1. The van der Waals surface area contributed by atoms with Gasteiger partial charge in [0.25, 0.3) is 5.91 Å². The number of carboxylic acid groups (broad SMARTS) is 1. The molecule has 0 radical (unpaired) electrons. The van der Waals surface area contributed by atoms with Gasteiger partial charge in [0.15, 0.2) is 5.82 Å². The second-order valence-corrected chi connectivity index (χ2v) is 8.68. The number of anilines is 1. The van der Waals surface area contributed by atoms with Crippen LogP contribution in [0.3, 0.4) is 0 Å². The second-order valence-electron chi connectivity index (χ2n) is 8.68. The zero-order valence-corrected chi connectivity index (χ0v) is 17.4. The lowest BCUT2D eigenvalue weighted by Crippen LogP contribution is -2.49. The van der Waals surface area contributed by atoms with E-state index < -0.39 is 30.3 Å². The summed E-state index contributed by atoms with van der Waals surface area (Å²) in [7, 11) is 0. The van der Waals surface area contributed by atoms with Gasteiger partial charge in [-0.1, -0.05) is 0 Å². The fourth-order valence-electron chi connectivity index (χ4n) is 4.64. The van der Waals surface area contributed by atoms with E-state index in [4.69, 9.17) is 0 Å². The Kier molecular flexibility index (Phi) is 5.59. The van der Waals surface area contributed by atoms with Crippen molar-refractivity contribution in [1.29, 1.82) is 0 Å². The number of nitrogens with one attached hydrogen (secondary N) is 2. The number of alkyl halides is 3. The first-order valence-electron chi connectivity index (χ1n) is 10.4. The van der Waals surface area contributed by atoms with Gasteiger partial charge in [0.1, 0.15) is 0 Å². The number of carbonyl (C=O) groups is 2. The van der Waals surface area contributed by atoms with E-state index >= 15 is 0 Å². The minimum Gasteiger partial charge on any atom is -0.465 e. The highest BCUT2D eigenvalue weighted by Crippen LogP contribution is 2.52. The summed E-state index contributed by atoms with van der Waals surface area (Å²) in [6.07, 6.45) is -3.39. The molecule has 0 aromatic carbocycles. The third-order valence-corrected chi connectivity index (χ3v) is 6.30. The molecule has 172 valence electrons. The average Bonchev–Trinajstić information content (AvgIpc) is 3.10. The zero-order valence-electron chi connectivity index (χ0n) is 17.4. The summed E-state index contributed by atoms with van der Waals surface area (Å²) in [5, 5.41) is 19.3. The van der Waals surface area contributed by atoms with Crippen LogP contribution in [0, 0.1) is 6.92 Å². The van der Waals surface area contributed by atoms with Crippen LogP contribution in [0.1, 0.15) is 66.2 Å². The molecule has 0 spiro atoms. The fourth-order valence-corrected chi connectivity index (χ4v) is 4.64. The minimum atomic E-state index is -4.41. The average molecular weight is 451 g/mol. The highest BCUT2D eigenvalue weighted by atomic mass is 19.4. The highest BCUT2D eigenvalue weighted by molar-refractivity contribution is 6.03. The Balaban J connectivity index is 1.41. The molecule has 32 heavy (non-hydrogen) atoms. The number of aromatic nitrogens is 3. The molecule has 2 aromatic heterocycles. The summed E-state index contributed by atoms with van der Waals surface area (Å²) in [4.78, 5) is 29.3. The van der Waals surface area contributed by atoms with Gasteiger partial charge >= 0.3 is 12.3 Å². The summed E-state index contributed by atoms with van der Waals surface area (Å²) in [5.74, 6) is -0.123. The number of nitrogens with zero attached hydrogens (tertiary/aromatic N) is 3. The Morgan fingerprint density at radius 3 is 2.66 bits per heavy atom. The van der Waals surface area contributed by atoms with E-state index in [0.29, 0.717) is 30.6 Å². The van der Waals surface area contributed by atoms with Crippen LogP contribution in [0.4, 0.5) is 23.8 Å². The molecule has 2 aliphatic rings. The summed E-state index contributed by atoms with van der Waals surface area (Å²) in [6, 6.07) is 4.58. The molecule has 8 nitrogen and oxygen atoms in total. The van der Waals surface area contributed by atoms with Crippen molar-refractivity contribution in [3.63, 3.8) is 0 Å². The lowest BCUT2D eigenvalue weighted by molar-refractivity contribution is -0.150. The third kappa shape index (κ3) is 4.71. The first kappa shape index (κ1) is 22.1. The molecule has 2 atom stereocenters. The summed E-state index contributed by atoms with van der Waals surface area (Å²) in [6.45, 7) is 1.82. The fraction of sp³-hybridized carbons (Fsp3) is 0.524. The van der Waals surface area contributed by atoms with Crippen LogP contribution in [0.5, 0.6) is 0 Å². The number of amides is 2. The van der Waals surface area contributed by atoms with E-state index in [1.54, 1.807) is 18.2 Å². The van der Waals surface area contributed by atoms with Gasteiger partial charge in [-0.2, -0.15) is 18.3 Å². The molecule has 3 N–H and O–H groups in total. The van der Waals surface area contributed by atoms with Gasteiger partial charge in [-0.25, -0.2) is 4.79 Å². The molecule has 0 unspecified atom stereocenters. The third-order valence-electron chi connectivity index (χ3n) is 6.30. The Morgan fingerprint density at radius 1 is 1.31 bits per heavy atom. The minimum absolute atomic E-state index is 0.0808. The van der Waals surface area contributed by atoms with Gasteiger partial charge in [0, 0.05) is 35.6 Å². The van der Waals surface area contributed by atoms with Crippen molar-refractivity contribution in [3.05, 3.63) is 41.3 Å². The number of aryl methyl sites for hydroxylation is 1. The van der Waals surface area contributed by atoms with Crippen LogP contribution in [0.15, 0.2) is 24.4 Å². The molecule has 2 aliphatic carbocycles. The smallest absolute Gasteiger partial charge is 0.408 e. The van der Waals surface area contributed by atoms with E-state index in [2.05, 4.69) is 20.5 Å². The SMILES string of the molecule is Cc1ccc(C(=O)Nc2cc([C@H]3CC[C@@H](N(C(=O)O)C4(CC(F)(F)F)CC4)C3)[nH]n2)cn1. The molecule has 4 rings (SSSR count). The van der Waals surface area contributed by atoms with Crippen LogP contribution >= 0.6 is 0 Å². The maximum atomic E-state index is 13.0. The topological polar surface area (TPSA) is 111 Å². The summed E-state index contributed by atoms with van der Waals surface area (Å²) in [5.41, 5.74) is 0.560. The van der Waals surface area contributed by atoms with Crippen LogP contribution in [-0.2, 0) is 0 Å². The van der Waals surface area contributed by atoms with Gasteiger partial charge in [-0.05, 0) is 51.2 Å². The Bertz CT molecular complexity index is 1000. The molecule has 0 saturated heterocycles. The predicted molar refractivity (Wildman–Crippen MR) is 108 cm³/mol. The highest BCUT2D eigenvalue weighted by Gasteiger charge is 2.58. The van der Waals surface area contributed by atoms with Gasteiger partial charge in [-0.15, -0.1) is 0 Å². The van der Waals surface area contributed by atoms with Gasteiger partial charge in [0.05, 0.1) is 17.5 Å². The number of halogens is 3. The molecular formula is C21H24F3N5O3. The largest absolute Gasteiger partial charge is 0.465 e. The molecule has 2 saturated carbocycles. The Morgan fingerprint density at radius 2 is 2.06 bits per heavy atom. The second kappa shape index (κ2) is 8.10. The van der Waals surface area contributed by atoms with Crippen LogP contribution in [0.2, 0.25) is 0 Å². The molecular weight excluding hydrogens is 427 g/mol. The maximum Gasteiger partial charge on any atom is 0.408 e. The Labute approximate surface area is 182 Å². The van der Waals surface area contributed by atoms with Gasteiger partial charge in [0.2, 0.25) is 0 Å². The quantitative estimate of drug-likeness (QED) is 0.600. The Hall–Kier alpha value is -3.11. The van der Waals surface area contributed by atoms with Gasteiger partial charge in [-0.3, -0.25) is 19.8 Å². The van der Waals surface area contributed by atoms with Crippen molar-refractivity contribution in [3.8, 4) is 0 Å². The lowest BCUT2D eigenvalue weighted by Gasteiger charge is -2.35. The van der Waals surface area contributed by atoms with Crippen molar-refractivity contribution in [2.24, 2.45) is 0 Å². The molecule has 2 amide bonds. The van der Waals surface area contributed by atoms with E-state index in [9.17, 15) is 27.9 Å². The van der Waals surface area contributed by atoms with E-state index in [1.165, 1.54) is 6.20 Å². The molecule has 0 bridgehead atoms. The van der Waals surface area contributed by atoms with Crippen molar-refractivity contribution in [1.82, 2.24) is 20.1 Å². The molecule has 11 heteroatoms. The maximum absolute atomic E-state index is 13.0. The van der Waals surface area contributed by atoms with Crippen LogP contribution < -0.4 is 5.32 Å². The van der Waals surface area contributed by atoms with E-state index in [1.807, 2.05) is 6.92 Å². The van der Waals surface area contributed by atoms with E-state index in [0.717, 1.165) is 16.3 Å². The number of hydrogen-bond acceptors (Lipinski definition) is 4. The molecule has 2 heterocycles. The number of pyridine rings is 1. The standard InChI is InChI=1S/C21H24F3N5O3/c1-12-2-3-14(10-25-12)18(30)26-17-9-16(27-28-17)13-4-5-15(8-13)29(19(31)32)20(6-7-20)11-21(22,23)24/h2-3,9-10,13,15H,4-8,11H2,1H3,(H,31,32)(H2,26,27,28,30)/t13-,15+/m0/s1. The molecule has 0 aliphatic heterocycles. The molecule has 2 fully saturated rings. The predicted octanol–water partition coefficient (Wildman–Crippen LogP) is 4.47. The van der Waals surface area contributed by atoms with Crippen LogP contribution in [0.25, 0.3) is 0 Å². The zero-order chi connectivity index (χ0) is 23.1. The van der Waals surface area contributed by atoms with Crippen molar-refractivity contribution in [2.75, 3.05) is 5.32 Å². The molecule has 2 aromatic rings. The van der Waals surface area contributed by atoms with Gasteiger partial charge < -0.3 is 10.4 Å². The number of rotatable bonds is 6. The summed E-state index contributed by atoms with van der Waals surface area (Å²) >= 11 is 0. The van der Waals surface area contributed by atoms with Crippen molar-refractivity contribution >= 4 is 17.8 Å². The monoisotopic (exact) mass is 451 g/mol. The van der Waals surface area contributed by atoms with Crippen molar-refractivity contribution < 1.29 is 27.9 Å². The van der Waals surface area contributed by atoms with Crippen LogP contribution in [-0.4, -0.2) is 54.9 Å². The number of H-pyrrole nitrogens is 1. The normalized spacial score (nSPS) is 21.9. The number of aromatic amines is 1. The first-order chi connectivity index (χ1) is 15.1. The first-order valence-corrected chi connectivity index (χ1v) is 10.4. The number of hydrogen-bond donors (Lipinski definition) is 3. The number of carbonyl (C=O) groups excluding carboxylic acids is 1. The lowest BCUT2D eigenvalue weighted by atomic mass is 10.0.